The maximum absolute atomic E-state index is 6.50. The molecule has 0 heterocycles. The fourth-order valence-electron chi connectivity index (χ4n) is 3.17. The summed E-state index contributed by atoms with van der Waals surface area (Å²) in [6.45, 7) is 2.85. The third-order valence-electron chi connectivity index (χ3n) is 4.77. The molecule has 0 N–H and O–H groups in total. The van der Waals surface area contributed by atoms with Crippen molar-refractivity contribution in [2.24, 2.45) is 0 Å². The van der Waals surface area contributed by atoms with Crippen LogP contribution in [0.3, 0.4) is 0 Å². The molecule has 0 aliphatic heterocycles. The molecule has 3 nitrogen and oxygen atoms in total. The van der Waals surface area contributed by atoms with E-state index in [1.54, 1.807) is 0 Å². The minimum atomic E-state index is -2.85. The number of hydrogen-bond acceptors (Lipinski definition) is 3. The molecule has 0 saturated heterocycles. The molecule has 0 bridgehead atoms. The maximum Gasteiger partial charge on any atom is 0.535 e. The van der Waals surface area contributed by atoms with Crippen molar-refractivity contribution in [2.45, 2.75) is 45.4 Å². The van der Waals surface area contributed by atoms with Crippen molar-refractivity contribution < 1.29 is 13.6 Å². The van der Waals surface area contributed by atoms with E-state index in [4.69, 9.17) is 13.6 Å². The lowest BCUT2D eigenvalue weighted by atomic mass is 10.1. The summed E-state index contributed by atoms with van der Waals surface area (Å²) in [6, 6.07) is 29.6. The normalized spacial score (nSPS) is 11.2. The van der Waals surface area contributed by atoms with Crippen molar-refractivity contribution in [2.75, 3.05) is 6.61 Å². The zero-order chi connectivity index (χ0) is 20.9. The van der Waals surface area contributed by atoms with Crippen LogP contribution in [0.2, 0.25) is 0 Å². The molecule has 3 aromatic rings. The van der Waals surface area contributed by atoms with Crippen molar-refractivity contribution in [3.8, 4) is 11.5 Å². The van der Waals surface area contributed by atoms with Gasteiger partial charge in [-0.05, 0) is 42.8 Å². The van der Waals surface area contributed by atoms with Crippen molar-refractivity contribution in [1.82, 2.24) is 0 Å². The lowest BCUT2D eigenvalue weighted by Crippen LogP contribution is -2.24. The molecule has 0 aliphatic carbocycles. The largest absolute Gasteiger partial charge is 0.535 e. The lowest BCUT2D eigenvalue weighted by molar-refractivity contribution is 0.245. The second-order valence-electron chi connectivity index (χ2n) is 7.24. The zero-order valence-electron chi connectivity index (χ0n) is 17.8. The molecule has 4 heteroatoms. The molecular weight excluding hydrogens is 391 g/mol. The molecule has 0 atom stereocenters. The van der Waals surface area contributed by atoms with Gasteiger partial charge in [0.15, 0.2) is 11.5 Å². The number of para-hydroxylation sites is 2. The number of unbranched alkanes of at least 4 members (excludes halogenated alkanes) is 5. The van der Waals surface area contributed by atoms with Crippen LogP contribution in [0.15, 0.2) is 91.0 Å². The second-order valence-corrected chi connectivity index (χ2v) is 9.38. The Kier molecular flexibility index (Phi) is 9.21. The topological polar surface area (TPSA) is 27.7 Å². The molecule has 0 radical (unpaired) electrons. The first-order chi connectivity index (χ1) is 14.8. The molecule has 0 saturated carbocycles. The maximum atomic E-state index is 6.50. The van der Waals surface area contributed by atoms with Crippen LogP contribution < -0.4 is 14.4 Å². The third kappa shape index (κ3) is 6.86. The molecule has 30 heavy (non-hydrogen) atoms. The van der Waals surface area contributed by atoms with Crippen LogP contribution in [-0.2, 0) is 4.52 Å². The van der Waals surface area contributed by atoms with E-state index >= 15 is 0 Å². The van der Waals surface area contributed by atoms with Crippen molar-refractivity contribution in [1.29, 1.82) is 0 Å². The van der Waals surface area contributed by atoms with Gasteiger partial charge in [-0.1, -0.05) is 93.6 Å². The van der Waals surface area contributed by atoms with Gasteiger partial charge in [-0.15, -0.1) is 0 Å². The zero-order valence-corrected chi connectivity index (χ0v) is 18.7. The summed E-state index contributed by atoms with van der Waals surface area (Å²) < 4.78 is 19.5. The van der Waals surface area contributed by atoms with Gasteiger partial charge in [0.1, 0.15) is 0 Å². The molecule has 3 rings (SSSR count). The summed E-state index contributed by atoms with van der Waals surface area (Å²) in [5.74, 6) is 1.49. The van der Waals surface area contributed by atoms with Crippen LogP contribution in [0, 0.1) is 0 Å². The van der Waals surface area contributed by atoms with E-state index in [-0.39, 0.29) is 0 Å². The van der Waals surface area contributed by atoms with Crippen LogP contribution in [0.1, 0.15) is 45.4 Å². The Morgan fingerprint density at radius 3 is 1.57 bits per heavy atom. The average molecular weight is 424 g/mol. The van der Waals surface area contributed by atoms with Gasteiger partial charge in [0.2, 0.25) is 5.30 Å². The first kappa shape index (κ1) is 22.3. The van der Waals surface area contributed by atoms with Gasteiger partial charge >= 0.3 is 7.94 Å². The number of hydrogen-bond donors (Lipinski definition) is 0. The Morgan fingerprint density at radius 2 is 1.03 bits per heavy atom. The van der Waals surface area contributed by atoms with E-state index in [0.717, 1.165) is 29.6 Å². The Morgan fingerprint density at radius 1 is 0.567 bits per heavy atom. The van der Waals surface area contributed by atoms with Gasteiger partial charge in [-0.2, -0.15) is 4.52 Å². The fourth-order valence-corrected chi connectivity index (χ4v) is 5.38. The summed E-state index contributed by atoms with van der Waals surface area (Å²) in [6.07, 6.45) is 7.24. The monoisotopic (exact) mass is 423 g/mol. The van der Waals surface area contributed by atoms with Crippen molar-refractivity contribution in [3.05, 3.63) is 91.0 Å². The SMILES string of the molecule is CCCCCCCCO[P+](Oc1ccccc1)(Oc1ccccc1)c1ccccc1. The van der Waals surface area contributed by atoms with Gasteiger partial charge in [-0.25, -0.2) is 0 Å². The van der Waals surface area contributed by atoms with Crippen LogP contribution in [-0.4, -0.2) is 6.61 Å². The average Bonchev–Trinajstić information content (AvgIpc) is 2.80. The highest BCUT2D eigenvalue weighted by atomic mass is 31.2. The first-order valence-corrected chi connectivity index (χ1v) is 12.5. The molecule has 0 spiro atoms. The third-order valence-corrected chi connectivity index (χ3v) is 7.12. The quantitative estimate of drug-likeness (QED) is 0.209. The van der Waals surface area contributed by atoms with E-state index in [0.29, 0.717) is 6.61 Å². The predicted molar refractivity (Wildman–Crippen MR) is 126 cm³/mol. The Hall–Kier alpha value is -2.35. The summed E-state index contributed by atoms with van der Waals surface area (Å²) in [5.41, 5.74) is 0. The molecule has 0 fully saturated rings. The molecule has 0 amide bonds. The van der Waals surface area contributed by atoms with E-state index in [9.17, 15) is 0 Å². The first-order valence-electron chi connectivity index (χ1n) is 10.9. The molecule has 158 valence electrons. The Labute approximate surface area is 181 Å². The smallest absolute Gasteiger partial charge is 0.274 e. The molecule has 0 unspecified atom stereocenters. The van der Waals surface area contributed by atoms with Crippen LogP contribution in [0.5, 0.6) is 11.5 Å². The predicted octanol–water partition coefficient (Wildman–Crippen LogP) is 7.61. The van der Waals surface area contributed by atoms with Gasteiger partial charge < -0.3 is 0 Å². The summed E-state index contributed by atoms with van der Waals surface area (Å²) in [7, 11) is -2.85. The lowest BCUT2D eigenvalue weighted by Gasteiger charge is -2.22. The van der Waals surface area contributed by atoms with E-state index in [1.807, 2.05) is 91.0 Å². The van der Waals surface area contributed by atoms with Gasteiger partial charge in [0.25, 0.3) is 0 Å². The molecule has 3 aromatic carbocycles. The summed E-state index contributed by atoms with van der Waals surface area (Å²) >= 11 is 0. The van der Waals surface area contributed by atoms with Crippen molar-refractivity contribution >= 4 is 13.2 Å². The second kappa shape index (κ2) is 12.4. The van der Waals surface area contributed by atoms with Crippen LogP contribution >= 0.6 is 7.94 Å². The number of benzene rings is 3. The minimum absolute atomic E-state index is 0.606. The molecule has 0 aromatic heterocycles. The van der Waals surface area contributed by atoms with Crippen molar-refractivity contribution in [3.63, 3.8) is 0 Å². The van der Waals surface area contributed by atoms with Gasteiger partial charge in [-0.3, -0.25) is 9.05 Å². The van der Waals surface area contributed by atoms with Gasteiger partial charge in [0, 0.05) is 0 Å². The van der Waals surface area contributed by atoms with Crippen LogP contribution in [0.4, 0.5) is 0 Å². The summed E-state index contributed by atoms with van der Waals surface area (Å²) in [5, 5.41) is 0.934. The summed E-state index contributed by atoms with van der Waals surface area (Å²) in [4.78, 5) is 0. The fraction of sp³-hybridized carbons (Fsp3) is 0.308. The van der Waals surface area contributed by atoms with Gasteiger partial charge in [0.05, 0.1) is 6.61 Å². The minimum Gasteiger partial charge on any atom is -0.274 e. The van der Waals surface area contributed by atoms with E-state index in [2.05, 4.69) is 6.92 Å². The Balaban J connectivity index is 1.82. The molecular formula is C26H32O3P+. The Bertz CT molecular complexity index is 783. The van der Waals surface area contributed by atoms with E-state index < -0.39 is 7.94 Å². The standard InChI is InChI=1S/C26H32O3P/c1-2-3-4-5-6-16-23-27-30(26-21-14-9-15-22-26,28-24-17-10-7-11-18-24)29-25-19-12-8-13-20-25/h7-15,17-22H,2-6,16,23H2,1H3/q+1. The highest BCUT2D eigenvalue weighted by molar-refractivity contribution is 7.70. The highest BCUT2D eigenvalue weighted by Crippen LogP contribution is 2.60. The van der Waals surface area contributed by atoms with E-state index in [1.165, 1.54) is 25.7 Å². The molecule has 0 aliphatic rings. The number of rotatable bonds is 13. The van der Waals surface area contributed by atoms with Crippen LogP contribution in [0.25, 0.3) is 0 Å². The highest BCUT2D eigenvalue weighted by Gasteiger charge is 2.51.